The molecule has 0 saturated carbocycles. The van der Waals surface area contributed by atoms with Crippen LogP contribution in [-0.4, -0.2) is 21.2 Å². The van der Waals surface area contributed by atoms with Crippen LogP contribution in [-0.2, 0) is 11.0 Å². The Morgan fingerprint density at radius 3 is 2.89 bits per heavy atom. The molecule has 1 unspecified atom stereocenters. The lowest BCUT2D eigenvalue weighted by Gasteiger charge is -2.12. The van der Waals surface area contributed by atoms with Crippen molar-refractivity contribution in [3.63, 3.8) is 0 Å². The highest BCUT2D eigenvalue weighted by atomic mass is 31.2. The molecule has 8 heteroatoms. The fraction of sp³-hybridized carbons (Fsp3) is 0.300. The van der Waals surface area contributed by atoms with E-state index in [1.54, 1.807) is 19.1 Å². The first kappa shape index (κ1) is 12.9. The van der Waals surface area contributed by atoms with Gasteiger partial charge in [-0.2, -0.15) is 0 Å². The van der Waals surface area contributed by atoms with Crippen LogP contribution >= 0.6 is 7.60 Å². The predicted octanol–water partition coefficient (Wildman–Crippen LogP) is 0.196. The van der Waals surface area contributed by atoms with Gasteiger partial charge in [0.05, 0.1) is 12.7 Å². The van der Waals surface area contributed by atoms with Gasteiger partial charge in [-0.3, -0.25) is 0 Å². The number of hydrogen-bond acceptors (Lipinski definition) is 4. The van der Waals surface area contributed by atoms with Crippen LogP contribution in [0.25, 0.3) is 11.5 Å². The monoisotopic (exact) mass is 272 g/mol. The van der Waals surface area contributed by atoms with E-state index in [1.807, 2.05) is 0 Å². The van der Waals surface area contributed by atoms with Crippen molar-refractivity contribution in [3.05, 3.63) is 29.9 Å². The maximum Gasteiger partial charge on any atom is 0.295 e. The van der Waals surface area contributed by atoms with Gasteiger partial charge in [-0.05, 0) is 16.9 Å². The SMILES string of the molecule is Cc1[nH]c(CCP(=O)([O-])O)[n+](O)c1-c1ccco1. The van der Waals surface area contributed by atoms with E-state index in [4.69, 9.17) is 9.31 Å². The molecule has 0 bridgehead atoms. The van der Waals surface area contributed by atoms with Crippen LogP contribution in [0.4, 0.5) is 0 Å². The minimum absolute atomic E-state index is 0.0185. The molecule has 0 spiro atoms. The van der Waals surface area contributed by atoms with E-state index in [0.717, 1.165) is 4.73 Å². The highest BCUT2D eigenvalue weighted by Gasteiger charge is 2.25. The first-order chi connectivity index (χ1) is 8.38. The zero-order chi connectivity index (χ0) is 13.3. The molecule has 2 heterocycles. The molecule has 0 fully saturated rings. The molecule has 98 valence electrons. The van der Waals surface area contributed by atoms with E-state index in [9.17, 15) is 14.7 Å². The lowest BCUT2D eigenvalue weighted by atomic mass is 10.3. The summed E-state index contributed by atoms with van der Waals surface area (Å²) >= 11 is 0. The van der Waals surface area contributed by atoms with E-state index < -0.39 is 13.8 Å². The third-order valence-electron chi connectivity index (χ3n) is 2.54. The number of H-pyrrole nitrogens is 1. The van der Waals surface area contributed by atoms with Crippen molar-refractivity contribution in [2.24, 2.45) is 0 Å². The Morgan fingerprint density at radius 2 is 2.33 bits per heavy atom. The van der Waals surface area contributed by atoms with Gasteiger partial charge in [0, 0.05) is 13.1 Å². The maximum absolute atomic E-state index is 10.7. The van der Waals surface area contributed by atoms with Crippen LogP contribution in [0.5, 0.6) is 0 Å². The molecule has 18 heavy (non-hydrogen) atoms. The van der Waals surface area contributed by atoms with Gasteiger partial charge < -0.3 is 24.0 Å². The van der Waals surface area contributed by atoms with E-state index >= 15 is 0 Å². The molecule has 3 N–H and O–H groups in total. The second kappa shape index (κ2) is 4.61. The summed E-state index contributed by atoms with van der Waals surface area (Å²) in [5.41, 5.74) is 1.06. The number of nitrogens with zero attached hydrogens (tertiary/aromatic N) is 1. The highest BCUT2D eigenvalue weighted by Crippen LogP contribution is 2.29. The largest absolute Gasteiger partial charge is 0.779 e. The van der Waals surface area contributed by atoms with Crippen LogP contribution in [0.15, 0.2) is 22.8 Å². The summed E-state index contributed by atoms with van der Waals surface area (Å²) in [5, 5.41) is 9.93. The molecule has 1 atom stereocenters. The van der Waals surface area contributed by atoms with Gasteiger partial charge in [0.1, 0.15) is 7.60 Å². The van der Waals surface area contributed by atoms with Gasteiger partial charge >= 0.3 is 0 Å². The van der Waals surface area contributed by atoms with E-state index in [-0.39, 0.29) is 12.2 Å². The minimum atomic E-state index is -4.33. The van der Waals surface area contributed by atoms with Gasteiger partial charge in [0.25, 0.3) is 11.5 Å². The van der Waals surface area contributed by atoms with E-state index in [0.29, 0.717) is 17.1 Å². The average Bonchev–Trinajstić information content (AvgIpc) is 2.83. The summed E-state index contributed by atoms with van der Waals surface area (Å²) in [6.45, 7) is 1.73. The Bertz CT molecular complexity index is 584. The van der Waals surface area contributed by atoms with Gasteiger partial charge in [0.15, 0.2) is 11.5 Å². The summed E-state index contributed by atoms with van der Waals surface area (Å²) in [4.78, 5) is 22.3. The smallest absolute Gasteiger partial charge is 0.295 e. The number of nitrogens with one attached hydrogen (secondary N) is 1. The quantitative estimate of drug-likeness (QED) is 0.418. The number of aromatic amines is 1. The van der Waals surface area contributed by atoms with Crippen molar-refractivity contribution >= 4 is 7.60 Å². The third kappa shape index (κ3) is 2.64. The minimum Gasteiger partial charge on any atom is -0.779 e. The number of furan rings is 1. The molecule has 2 rings (SSSR count). The Hall–Kier alpha value is -1.56. The molecule has 0 radical (unpaired) electrons. The number of rotatable bonds is 4. The summed E-state index contributed by atoms with van der Waals surface area (Å²) < 4.78 is 16.7. The maximum atomic E-state index is 10.7. The van der Waals surface area contributed by atoms with Crippen LogP contribution in [0.2, 0.25) is 0 Å². The summed E-state index contributed by atoms with van der Waals surface area (Å²) in [7, 11) is -4.33. The van der Waals surface area contributed by atoms with E-state index in [1.165, 1.54) is 6.26 Å². The Balaban J connectivity index is 2.30. The number of hydrogen-bond donors (Lipinski definition) is 3. The zero-order valence-electron chi connectivity index (χ0n) is 9.66. The Labute approximate surface area is 103 Å². The molecule has 0 aliphatic rings. The Morgan fingerprint density at radius 1 is 1.61 bits per heavy atom. The summed E-state index contributed by atoms with van der Waals surface area (Å²) in [6, 6.07) is 3.36. The first-order valence-corrected chi connectivity index (χ1v) is 7.04. The molecule has 2 aromatic rings. The van der Waals surface area contributed by atoms with Gasteiger partial charge in [-0.1, -0.05) is 0 Å². The molecule has 0 aliphatic carbocycles. The van der Waals surface area contributed by atoms with Gasteiger partial charge in [0.2, 0.25) is 0 Å². The molecule has 0 aromatic carbocycles. The molecule has 0 amide bonds. The fourth-order valence-corrected chi connectivity index (χ4v) is 2.23. The molecular formula is C10H13N2O5P. The van der Waals surface area contributed by atoms with Crippen molar-refractivity contribution in [3.8, 4) is 11.5 Å². The zero-order valence-corrected chi connectivity index (χ0v) is 10.6. The van der Waals surface area contributed by atoms with Crippen molar-refractivity contribution in [1.29, 1.82) is 0 Å². The third-order valence-corrected chi connectivity index (χ3v) is 3.33. The van der Waals surface area contributed by atoms with Crippen molar-refractivity contribution in [2.75, 3.05) is 6.16 Å². The molecule has 0 saturated heterocycles. The summed E-state index contributed by atoms with van der Waals surface area (Å²) in [5.74, 6) is 0.746. The topological polar surface area (TPSA) is 113 Å². The predicted molar refractivity (Wildman–Crippen MR) is 59.0 cm³/mol. The van der Waals surface area contributed by atoms with Crippen LogP contribution in [0, 0.1) is 6.92 Å². The Kier molecular flexibility index (Phi) is 3.30. The van der Waals surface area contributed by atoms with Gasteiger partial charge in [-0.15, -0.1) is 0 Å². The molecule has 2 aromatic heterocycles. The lowest BCUT2D eigenvalue weighted by Crippen LogP contribution is -2.35. The highest BCUT2D eigenvalue weighted by molar-refractivity contribution is 7.50. The van der Waals surface area contributed by atoms with Crippen molar-refractivity contribution in [2.45, 2.75) is 13.3 Å². The lowest BCUT2D eigenvalue weighted by molar-refractivity contribution is -0.900. The normalized spacial score (nSPS) is 14.6. The van der Waals surface area contributed by atoms with Gasteiger partial charge in [-0.25, -0.2) is 4.98 Å². The average molecular weight is 272 g/mol. The second-order valence-electron chi connectivity index (χ2n) is 3.95. The van der Waals surface area contributed by atoms with E-state index in [2.05, 4.69) is 4.98 Å². The first-order valence-electron chi connectivity index (χ1n) is 5.28. The van der Waals surface area contributed by atoms with Crippen molar-refractivity contribution < 1.29 is 28.7 Å². The molecule has 7 nitrogen and oxygen atoms in total. The van der Waals surface area contributed by atoms with Crippen LogP contribution < -0.4 is 9.62 Å². The standard InChI is InChI=1S/C10H13N2O5P/c1-7-10(8-3-2-5-17-8)12(13)9(11-7)4-6-18(14,15)16/h2-3,5,13H,4,6H2,1H3,(H2,14,15,16). The molecule has 0 aliphatic heterocycles. The molecular weight excluding hydrogens is 259 g/mol. The van der Waals surface area contributed by atoms with Crippen LogP contribution in [0.1, 0.15) is 11.5 Å². The number of aromatic nitrogens is 2. The van der Waals surface area contributed by atoms with Crippen molar-refractivity contribution in [1.82, 2.24) is 4.98 Å². The fourth-order valence-electron chi connectivity index (χ4n) is 1.74. The number of imidazole rings is 1. The second-order valence-corrected chi connectivity index (χ2v) is 5.67. The number of aryl methyl sites for hydroxylation is 2. The van der Waals surface area contributed by atoms with Crippen LogP contribution in [0.3, 0.4) is 0 Å². The summed E-state index contributed by atoms with van der Waals surface area (Å²) in [6.07, 6.45) is 1.02.